The summed E-state index contributed by atoms with van der Waals surface area (Å²) in [4.78, 5) is 14.2. The number of hydrogen-bond acceptors (Lipinski definition) is 3. The third-order valence-corrected chi connectivity index (χ3v) is 3.48. The number of likely N-dealkylation sites (tertiary alicyclic amines) is 1. The lowest BCUT2D eigenvalue weighted by Gasteiger charge is -2.28. The molecule has 1 heterocycles. The SMILES string of the molecule is Nc1cccc(C(=O)N2CCCCCC2CO)c1. The first kappa shape index (κ1) is 12.9. The summed E-state index contributed by atoms with van der Waals surface area (Å²) in [7, 11) is 0. The molecule has 4 heteroatoms. The van der Waals surface area contributed by atoms with Crippen LogP contribution < -0.4 is 5.73 Å². The number of anilines is 1. The fourth-order valence-electron chi connectivity index (χ4n) is 2.47. The summed E-state index contributed by atoms with van der Waals surface area (Å²) < 4.78 is 0. The van der Waals surface area contributed by atoms with Crippen LogP contribution in [0.1, 0.15) is 36.0 Å². The molecular weight excluding hydrogens is 228 g/mol. The maximum atomic E-state index is 12.4. The van der Waals surface area contributed by atoms with Crippen LogP contribution >= 0.6 is 0 Å². The molecule has 1 aromatic rings. The summed E-state index contributed by atoms with van der Waals surface area (Å²) in [6, 6.07) is 6.97. The standard InChI is InChI=1S/C14H20N2O2/c15-12-6-4-5-11(9-12)14(18)16-8-3-1-2-7-13(16)10-17/h4-6,9,13,17H,1-3,7-8,10,15H2. The van der Waals surface area contributed by atoms with Gasteiger partial charge in [-0.1, -0.05) is 18.9 Å². The predicted molar refractivity (Wildman–Crippen MR) is 71.2 cm³/mol. The Morgan fingerprint density at radius 3 is 2.94 bits per heavy atom. The van der Waals surface area contributed by atoms with E-state index >= 15 is 0 Å². The Hall–Kier alpha value is -1.55. The number of carbonyl (C=O) groups excluding carboxylic acids is 1. The van der Waals surface area contributed by atoms with Crippen molar-refractivity contribution in [1.29, 1.82) is 0 Å². The summed E-state index contributed by atoms with van der Waals surface area (Å²) >= 11 is 0. The number of rotatable bonds is 2. The zero-order valence-electron chi connectivity index (χ0n) is 10.5. The molecule has 1 aliphatic heterocycles. The highest BCUT2D eigenvalue weighted by Gasteiger charge is 2.25. The number of aliphatic hydroxyl groups excluding tert-OH is 1. The molecule has 18 heavy (non-hydrogen) atoms. The zero-order chi connectivity index (χ0) is 13.0. The van der Waals surface area contributed by atoms with E-state index in [1.165, 1.54) is 0 Å². The molecule has 0 bridgehead atoms. The van der Waals surface area contributed by atoms with Gasteiger partial charge in [0.1, 0.15) is 0 Å². The van der Waals surface area contributed by atoms with E-state index in [-0.39, 0.29) is 18.6 Å². The average Bonchev–Trinajstić information content (AvgIpc) is 2.62. The highest BCUT2D eigenvalue weighted by molar-refractivity contribution is 5.95. The van der Waals surface area contributed by atoms with Crippen LogP contribution in [0.15, 0.2) is 24.3 Å². The second-order valence-corrected chi connectivity index (χ2v) is 4.81. The predicted octanol–water partition coefficient (Wildman–Crippen LogP) is 1.65. The van der Waals surface area contributed by atoms with Gasteiger partial charge in [-0.05, 0) is 31.0 Å². The molecule has 0 spiro atoms. The van der Waals surface area contributed by atoms with Crippen molar-refractivity contribution in [3.05, 3.63) is 29.8 Å². The minimum absolute atomic E-state index is 0.0248. The molecular formula is C14H20N2O2. The highest BCUT2D eigenvalue weighted by Crippen LogP contribution is 2.19. The van der Waals surface area contributed by atoms with Crippen LogP contribution in [-0.2, 0) is 0 Å². The quantitative estimate of drug-likeness (QED) is 0.782. The molecule has 4 nitrogen and oxygen atoms in total. The van der Waals surface area contributed by atoms with Gasteiger partial charge in [0.15, 0.2) is 0 Å². The molecule has 0 aromatic heterocycles. The van der Waals surface area contributed by atoms with Crippen LogP contribution in [0.4, 0.5) is 5.69 Å². The number of nitrogens with zero attached hydrogens (tertiary/aromatic N) is 1. The molecule has 1 atom stereocenters. The number of aliphatic hydroxyl groups is 1. The van der Waals surface area contributed by atoms with Crippen molar-refractivity contribution in [2.45, 2.75) is 31.7 Å². The molecule has 98 valence electrons. The molecule has 3 N–H and O–H groups in total. The molecule has 1 amide bonds. The van der Waals surface area contributed by atoms with Gasteiger partial charge in [0, 0.05) is 17.8 Å². The third kappa shape index (κ3) is 2.82. The Labute approximate surface area is 107 Å². The second kappa shape index (κ2) is 5.87. The van der Waals surface area contributed by atoms with Crippen molar-refractivity contribution < 1.29 is 9.90 Å². The number of amides is 1. The fraction of sp³-hybridized carbons (Fsp3) is 0.500. The summed E-state index contributed by atoms with van der Waals surface area (Å²) in [6.07, 6.45) is 4.08. The molecule has 1 saturated heterocycles. The number of hydrogen-bond donors (Lipinski definition) is 2. The maximum Gasteiger partial charge on any atom is 0.254 e. The first-order valence-electron chi connectivity index (χ1n) is 6.49. The Morgan fingerprint density at radius 2 is 2.22 bits per heavy atom. The van der Waals surface area contributed by atoms with E-state index in [1.807, 2.05) is 0 Å². The van der Waals surface area contributed by atoms with Crippen molar-refractivity contribution in [2.75, 3.05) is 18.9 Å². The number of benzene rings is 1. The van der Waals surface area contributed by atoms with Gasteiger partial charge in [0.2, 0.25) is 0 Å². The summed E-state index contributed by atoms with van der Waals surface area (Å²) in [5, 5.41) is 9.42. The van der Waals surface area contributed by atoms with Crippen molar-refractivity contribution in [2.24, 2.45) is 0 Å². The zero-order valence-corrected chi connectivity index (χ0v) is 10.5. The van der Waals surface area contributed by atoms with Crippen LogP contribution in [0.2, 0.25) is 0 Å². The van der Waals surface area contributed by atoms with E-state index in [0.717, 1.165) is 32.2 Å². The minimum Gasteiger partial charge on any atom is -0.399 e. The fourth-order valence-corrected chi connectivity index (χ4v) is 2.47. The highest BCUT2D eigenvalue weighted by atomic mass is 16.3. The van der Waals surface area contributed by atoms with Gasteiger partial charge >= 0.3 is 0 Å². The van der Waals surface area contributed by atoms with Gasteiger partial charge in [0.05, 0.1) is 12.6 Å². The van der Waals surface area contributed by atoms with Gasteiger partial charge in [-0.2, -0.15) is 0 Å². The van der Waals surface area contributed by atoms with Crippen LogP contribution in [0.5, 0.6) is 0 Å². The Kier molecular flexibility index (Phi) is 4.20. The molecule has 1 aromatic carbocycles. The molecule has 1 aliphatic rings. The molecule has 0 aliphatic carbocycles. The normalized spacial score (nSPS) is 20.5. The van der Waals surface area contributed by atoms with Crippen molar-refractivity contribution >= 4 is 11.6 Å². The van der Waals surface area contributed by atoms with E-state index in [4.69, 9.17) is 5.73 Å². The van der Waals surface area contributed by atoms with E-state index in [9.17, 15) is 9.90 Å². The van der Waals surface area contributed by atoms with Crippen LogP contribution in [0.3, 0.4) is 0 Å². The number of carbonyl (C=O) groups is 1. The van der Waals surface area contributed by atoms with E-state index in [0.29, 0.717) is 11.3 Å². The minimum atomic E-state index is -0.0542. The van der Waals surface area contributed by atoms with E-state index in [1.54, 1.807) is 29.2 Å². The Morgan fingerprint density at radius 1 is 1.39 bits per heavy atom. The van der Waals surface area contributed by atoms with Gasteiger partial charge in [-0.3, -0.25) is 4.79 Å². The lowest BCUT2D eigenvalue weighted by atomic mass is 10.1. The Bertz CT molecular complexity index is 420. The largest absolute Gasteiger partial charge is 0.399 e. The van der Waals surface area contributed by atoms with Crippen LogP contribution in [0.25, 0.3) is 0 Å². The molecule has 1 fully saturated rings. The summed E-state index contributed by atoms with van der Waals surface area (Å²) in [5.41, 5.74) is 6.90. The average molecular weight is 248 g/mol. The van der Waals surface area contributed by atoms with E-state index < -0.39 is 0 Å². The third-order valence-electron chi connectivity index (χ3n) is 3.48. The van der Waals surface area contributed by atoms with Crippen molar-refractivity contribution in [3.8, 4) is 0 Å². The summed E-state index contributed by atoms with van der Waals surface area (Å²) in [6.45, 7) is 0.757. The van der Waals surface area contributed by atoms with E-state index in [2.05, 4.69) is 0 Å². The molecule has 2 rings (SSSR count). The Balaban J connectivity index is 2.19. The number of nitrogen functional groups attached to an aromatic ring is 1. The van der Waals surface area contributed by atoms with Gasteiger partial charge < -0.3 is 15.7 Å². The van der Waals surface area contributed by atoms with Crippen molar-refractivity contribution in [1.82, 2.24) is 4.90 Å². The van der Waals surface area contributed by atoms with Crippen molar-refractivity contribution in [3.63, 3.8) is 0 Å². The lowest BCUT2D eigenvalue weighted by molar-refractivity contribution is 0.0600. The van der Waals surface area contributed by atoms with Gasteiger partial charge in [-0.25, -0.2) is 0 Å². The number of nitrogens with two attached hydrogens (primary N) is 1. The second-order valence-electron chi connectivity index (χ2n) is 4.81. The summed E-state index contributed by atoms with van der Waals surface area (Å²) in [5.74, 6) is -0.0248. The monoisotopic (exact) mass is 248 g/mol. The molecule has 1 unspecified atom stereocenters. The maximum absolute atomic E-state index is 12.4. The lowest BCUT2D eigenvalue weighted by Crippen LogP contribution is -2.42. The van der Waals surface area contributed by atoms with Gasteiger partial charge in [-0.15, -0.1) is 0 Å². The first-order chi connectivity index (χ1) is 8.72. The molecule has 0 radical (unpaired) electrons. The smallest absolute Gasteiger partial charge is 0.254 e. The van der Waals surface area contributed by atoms with Gasteiger partial charge in [0.25, 0.3) is 5.91 Å². The van der Waals surface area contributed by atoms with Crippen LogP contribution in [-0.4, -0.2) is 35.1 Å². The molecule has 0 saturated carbocycles. The topological polar surface area (TPSA) is 66.6 Å². The van der Waals surface area contributed by atoms with Crippen LogP contribution in [0, 0.1) is 0 Å². The first-order valence-corrected chi connectivity index (χ1v) is 6.49.